The number of alkyl halides is 1. The number of hydrogen-bond donors (Lipinski definition) is 1. The molecule has 0 aliphatic rings. The second-order valence-electron chi connectivity index (χ2n) is 2.86. The molecule has 7 heteroatoms. The van der Waals surface area contributed by atoms with Crippen LogP contribution < -0.4 is 4.72 Å². The predicted molar refractivity (Wildman–Crippen MR) is 65.5 cm³/mol. The van der Waals surface area contributed by atoms with Crippen LogP contribution in [0.15, 0.2) is 12.1 Å². The minimum absolute atomic E-state index is 0.0419. The molecule has 1 rings (SSSR count). The van der Waals surface area contributed by atoms with Crippen LogP contribution in [0.4, 0.5) is 0 Å². The maximum atomic E-state index is 11.2. The zero-order valence-corrected chi connectivity index (χ0v) is 11.0. The lowest BCUT2D eigenvalue weighted by molar-refractivity contribution is 0.583. The minimum Gasteiger partial charge on any atom is -0.215 e. The van der Waals surface area contributed by atoms with Crippen LogP contribution in [0, 0.1) is 0 Å². The molecule has 3 nitrogen and oxygen atoms in total. The SMILES string of the molecule is O=S(=O)(CCCl)NCCc1ccc(Cl)s1. The minimum atomic E-state index is -3.21. The highest BCUT2D eigenvalue weighted by molar-refractivity contribution is 7.89. The smallest absolute Gasteiger partial charge is 0.212 e. The lowest BCUT2D eigenvalue weighted by atomic mass is 10.3. The topological polar surface area (TPSA) is 46.2 Å². The van der Waals surface area contributed by atoms with E-state index >= 15 is 0 Å². The Bertz CT molecular complexity index is 403. The van der Waals surface area contributed by atoms with Crippen LogP contribution >= 0.6 is 34.5 Å². The predicted octanol–water partition coefficient (Wildman–Crippen LogP) is 2.10. The van der Waals surface area contributed by atoms with Crippen LogP contribution in [-0.2, 0) is 16.4 Å². The molecule has 0 fully saturated rings. The van der Waals surface area contributed by atoms with Gasteiger partial charge in [-0.05, 0) is 18.6 Å². The molecule has 1 aromatic rings. The Hall–Kier alpha value is 0.190. The Morgan fingerprint density at radius 1 is 1.40 bits per heavy atom. The summed E-state index contributed by atoms with van der Waals surface area (Å²) < 4.78 is 25.6. The number of sulfonamides is 1. The average Bonchev–Trinajstić information content (AvgIpc) is 2.51. The normalized spacial score (nSPS) is 11.9. The quantitative estimate of drug-likeness (QED) is 0.815. The van der Waals surface area contributed by atoms with Crippen LogP contribution in [0.5, 0.6) is 0 Å². The average molecular weight is 288 g/mol. The third-order valence-corrected chi connectivity index (χ3v) is 4.76. The van der Waals surface area contributed by atoms with Crippen molar-refractivity contribution in [1.29, 1.82) is 0 Å². The highest BCUT2D eigenvalue weighted by Gasteiger charge is 2.08. The summed E-state index contributed by atoms with van der Waals surface area (Å²) in [7, 11) is -3.21. The fraction of sp³-hybridized carbons (Fsp3) is 0.500. The fourth-order valence-electron chi connectivity index (χ4n) is 0.990. The van der Waals surface area contributed by atoms with Crippen molar-refractivity contribution < 1.29 is 8.42 Å². The van der Waals surface area contributed by atoms with E-state index in [1.807, 2.05) is 6.07 Å². The molecule has 0 amide bonds. The third kappa shape index (κ3) is 5.17. The van der Waals surface area contributed by atoms with E-state index in [-0.39, 0.29) is 11.6 Å². The van der Waals surface area contributed by atoms with Crippen molar-refractivity contribution in [2.24, 2.45) is 0 Å². The van der Waals surface area contributed by atoms with E-state index in [2.05, 4.69) is 4.72 Å². The maximum Gasteiger partial charge on any atom is 0.212 e. The molecular weight excluding hydrogens is 277 g/mol. The Balaban J connectivity index is 2.33. The van der Waals surface area contributed by atoms with Crippen LogP contribution in [0.25, 0.3) is 0 Å². The largest absolute Gasteiger partial charge is 0.215 e. The van der Waals surface area contributed by atoms with E-state index in [0.717, 1.165) is 4.88 Å². The zero-order valence-electron chi connectivity index (χ0n) is 7.87. The molecule has 1 N–H and O–H groups in total. The fourth-order valence-corrected chi connectivity index (χ4v) is 3.45. The van der Waals surface area contributed by atoms with E-state index < -0.39 is 10.0 Å². The van der Waals surface area contributed by atoms with Crippen molar-refractivity contribution in [3.8, 4) is 0 Å². The number of thiophene rings is 1. The van der Waals surface area contributed by atoms with Crippen molar-refractivity contribution >= 4 is 44.6 Å². The lowest BCUT2D eigenvalue weighted by Crippen LogP contribution is -2.28. The Labute approximate surface area is 103 Å². The van der Waals surface area contributed by atoms with Crippen molar-refractivity contribution in [2.45, 2.75) is 6.42 Å². The van der Waals surface area contributed by atoms with E-state index in [1.165, 1.54) is 11.3 Å². The van der Waals surface area contributed by atoms with Gasteiger partial charge in [0.15, 0.2) is 0 Å². The van der Waals surface area contributed by atoms with E-state index in [9.17, 15) is 8.42 Å². The summed E-state index contributed by atoms with van der Waals surface area (Å²) in [6.07, 6.45) is 0.652. The van der Waals surface area contributed by atoms with Gasteiger partial charge in [0.05, 0.1) is 10.1 Å². The number of hydrogen-bond acceptors (Lipinski definition) is 3. The van der Waals surface area contributed by atoms with Crippen LogP contribution in [-0.4, -0.2) is 26.6 Å². The summed E-state index contributed by atoms with van der Waals surface area (Å²) in [5.41, 5.74) is 0. The first kappa shape index (κ1) is 13.3. The summed E-state index contributed by atoms with van der Waals surface area (Å²) >= 11 is 12.5. The molecule has 0 atom stereocenters. The highest BCUT2D eigenvalue weighted by atomic mass is 35.5. The van der Waals surface area contributed by atoms with Gasteiger partial charge in [0.1, 0.15) is 0 Å². The monoisotopic (exact) mass is 287 g/mol. The van der Waals surface area contributed by atoms with Gasteiger partial charge in [-0.15, -0.1) is 22.9 Å². The molecule has 15 heavy (non-hydrogen) atoms. The summed E-state index contributed by atoms with van der Waals surface area (Å²) in [5.74, 6) is 0.0694. The number of halogens is 2. The Morgan fingerprint density at radius 2 is 2.13 bits per heavy atom. The van der Waals surface area contributed by atoms with Crippen LogP contribution in [0.1, 0.15) is 4.88 Å². The molecule has 0 aromatic carbocycles. The molecule has 0 spiro atoms. The van der Waals surface area contributed by atoms with Crippen LogP contribution in [0.3, 0.4) is 0 Å². The summed E-state index contributed by atoms with van der Waals surface area (Å²) in [6.45, 7) is 0.385. The summed E-state index contributed by atoms with van der Waals surface area (Å²) in [6, 6.07) is 3.69. The van der Waals surface area contributed by atoms with Gasteiger partial charge in [0, 0.05) is 17.3 Å². The Kier molecular flexibility index (Phi) is 5.35. The number of nitrogens with one attached hydrogen (secondary N) is 1. The second-order valence-corrected chi connectivity index (χ2v) is 6.96. The van der Waals surface area contributed by atoms with Gasteiger partial charge in [-0.3, -0.25) is 0 Å². The first-order chi connectivity index (χ1) is 7.03. The molecule has 0 unspecified atom stereocenters. The van der Waals surface area contributed by atoms with Crippen LogP contribution in [0.2, 0.25) is 4.34 Å². The molecule has 1 aromatic heterocycles. The van der Waals surface area contributed by atoms with Gasteiger partial charge in [-0.1, -0.05) is 11.6 Å². The van der Waals surface area contributed by atoms with Crippen molar-refractivity contribution in [1.82, 2.24) is 4.72 Å². The van der Waals surface area contributed by atoms with Gasteiger partial charge in [0.25, 0.3) is 0 Å². The van der Waals surface area contributed by atoms with E-state index in [4.69, 9.17) is 23.2 Å². The second kappa shape index (κ2) is 6.06. The molecule has 86 valence electrons. The van der Waals surface area contributed by atoms with Gasteiger partial charge in [-0.2, -0.15) is 0 Å². The molecule has 0 aliphatic heterocycles. The van der Waals surface area contributed by atoms with Gasteiger partial charge < -0.3 is 0 Å². The first-order valence-corrected chi connectivity index (χ1v) is 7.69. The molecular formula is C8H11Cl2NO2S2. The maximum absolute atomic E-state index is 11.2. The van der Waals surface area contributed by atoms with E-state index in [0.29, 0.717) is 17.3 Å². The third-order valence-electron chi connectivity index (χ3n) is 1.67. The highest BCUT2D eigenvalue weighted by Crippen LogP contribution is 2.21. The van der Waals surface area contributed by atoms with Gasteiger partial charge in [0.2, 0.25) is 10.0 Å². The zero-order chi connectivity index (χ0) is 11.3. The molecule has 0 aliphatic carbocycles. The molecule has 1 heterocycles. The molecule has 0 radical (unpaired) electrons. The van der Waals surface area contributed by atoms with E-state index in [1.54, 1.807) is 6.07 Å². The first-order valence-electron chi connectivity index (χ1n) is 4.31. The van der Waals surface area contributed by atoms with Gasteiger partial charge in [-0.25, -0.2) is 13.1 Å². The molecule has 0 saturated heterocycles. The Morgan fingerprint density at radius 3 is 2.67 bits per heavy atom. The van der Waals surface area contributed by atoms with Crippen molar-refractivity contribution in [2.75, 3.05) is 18.2 Å². The summed E-state index contributed by atoms with van der Waals surface area (Å²) in [4.78, 5) is 1.06. The summed E-state index contributed by atoms with van der Waals surface area (Å²) in [5, 5.41) is 0. The molecule has 0 bridgehead atoms. The standard InChI is InChI=1S/C8H11Cl2NO2S2/c9-4-6-15(12,13)11-5-3-7-1-2-8(10)14-7/h1-2,11H,3-6H2. The molecule has 0 saturated carbocycles. The van der Waals surface area contributed by atoms with Crippen molar-refractivity contribution in [3.05, 3.63) is 21.3 Å². The van der Waals surface area contributed by atoms with Crippen molar-refractivity contribution in [3.63, 3.8) is 0 Å². The lowest BCUT2D eigenvalue weighted by Gasteiger charge is -2.03. The van der Waals surface area contributed by atoms with Gasteiger partial charge >= 0.3 is 0 Å². The number of rotatable bonds is 6.